The van der Waals surface area contributed by atoms with E-state index < -0.39 is 5.41 Å². The third-order valence-corrected chi connectivity index (χ3v) is 13.1. The van der Waals surface area contributed by atoms with Gasteiger partial charge < -0.3 is 4.57 Å². The first-order chi connectivity index (χ1) is 30.8. The van der Waals surface area contributed by atoms with Gasteiger partial charge in [-0.2, -0.15) is 0 Å². The topological polar surface area (TPSA) is 43.6 Å². The van der Waals surface area contributed by atoms with E-state index in [-0.39, 0.29) is 0 Å². The Morgan fingerprint density at radius 3 is 1.47 bits per heavy atom. The molecule has 13 rings (SSSR count). The number of benzene rings is 9. The van der Waals surface area contributed by atoms with Crippen molar-refractivity contribution in [2.45, 2.75) is 5.41 Å². The molecule has 1 spiro atoms. The molecule has 0 unspecified atom stereocenters. The van der Waals surface area contributed by atoms with E-state index >= 15 is 0 Å². The number of para-hydroxylation sites is 2. The summed E-state index contributed by atoms with van der Waals surface area (Å²) in [7, 11) is 0. The molecule has 11 aromatic rings. The molecule has 4 heteroatoms. The van der Waals surface area contributed by atoms with Gasteiger partial charge in [0, 0.05) is 38.6 Å². The highest BCUT2D eigenvalue weighted by molar-refractivity contribution is 6.17. The molecule has 62 heavy (non-hydrogen) atoms. The molecule has 2 aromatic heterocycles. The average Bonchev–Trinajstić information content (AvgIpc) is 3.96. The van der Waals surface area contributed by atoms with Crippen LogP contribution in [0.2, 0.25) is 0 Å². The lowest BCUT2D eigenvalue weighted by Crippen LogP contribution is -2.25. The lowest BCUT2D eigenvalue weighted by Gasteiger charge is -2.30. The maximum Gasteiger partial charge on any atom is 0.164 e. The highest BCUT2D eigenvalue weighted by Gasteiger charge is 2.52. The van der Waals surface area contributed by atoms with Gasteiger partial charge in [-0.1, -0.05) is 200 Å². The van der Waals surface area contributed by atoms with Crippen LogP contribution >= 0.6 is 0 Å². The van der Waals surface area contributed by atoms with E-state index in [1.54, 1.807) is 0 Å². The molecule has 4 nitrogen and oxygen atoms in total. The Labute approximate surface area is 359 Å². The van der Waals surface area contributed by atoms with E-state index in [0.29, 0.717) is 17.5 Å². The molecule has 0 aliphatic heterocycles. The van der Waals surface area contributed by atoms with Gasteiger partial charge in [0.15, 0.2) is 17.5 Å². The van der Waals surface area contributed by atoms with Crippen LogP contribution in [0.5, 0.6) is 0 Å². The van der Waals surface area contributed by atoms with Crippen molar-refractivity contribution in [1.29, 1.82) is 0 Å². The molecular formula is C58H36N4. The predicted molar refractivity (Wildman–Crippen MR) is 252 cm³/mol. The van der Waals surface area contributed by atoms with Gasteiger partial charge in [0.05, 0.1) is 22.1 Å². The minimum Gasteiger partial charge on any atom is -0.308 e. The molecule has 0 radical (unpaired) electrons. The van der Waals surface area contributed by atoms with Crippen LogP contribution in [-0.4, -0.2) is 19.5 Å². The minimum absolute atomic E-state index is 0.440. The molecule has 0 atom stereocenters. The molecule has 288 valence electrons. The summed E-state index contributed by atoms with van der Waals surface area (Å²) in [5, 5.41) is 2.47. The second-order valence-corrected chi connectivity index (χ2v) is 16.3. The Morgan fingerprint density at radius 2 is 0.806 bits per heavy atom. The summed E-state index contributed by atoms with van der Waals surface area (Å²) < 4.78 is 2.53. The zero-order valence-electron chi connectivity index (χ0n) is 33.6. The van der Waals surface area contributed by atoms with Crippen molar-refractivity contribution in [2.75, 3.05) is 0 Å². The summed E-state index contributed by atoms with van der Waals surface area (Å²) in [6, 6.07) is 78.6. The number of hydrogen-bond acceptors (Lipinski definition) is 3. The van der Waals surface area contributed by atoms with Gasteiger partial charge in [-0.3, -0.25) is 0 Å². The lowest BCUT2D eigenvalue weighted by atomic mass is 9.70. The molecule has 0 bridgehead atoms. The highest BCUT2D eigenvalue weighted by atomic mass is 15.0. The molecule has 0 N–H and O–H groups in total. The fourth-order valence-electron chi connectivity index (χ4n) is 10.6. The van der Waals surface area contributed by atoms with Gasteiger partial charge in [-0.25, -0.2) is 15.0 Å². The summed E-state index contributed by atoms with van der Waals surface area (Å²) in [5.74, 6) is 1.92. The predicted octanol–water partition coefficient (Wildman–Crippen LogP) is 14.0. The van der Waals surface area contributed by atoms with Crippen LogP contribution in [0.15, 0.2) is 218 Å². The molecule has 0 fully saturated rings. The monoisotopic (exact) mass is 788 g/mol. The maximum atomic E-state index is 5.09. The summed E-state index contributed by atoms with van der Waals surface area (Å²) in [4.78, 5) is 15.1. The fraction of sp³-hybridized carbons (Fsp3) is 0.0172. The van der Waals surface area contributed by atoms with Crippen LogP contribution in [0.4, 0.5) is 0 Å². The van der Waals surface area contributed by atoms with E-state index in [0.717, 1.165) is 33.5 Å². The van der Waals surface area contributed by atoms with Gasteiger partial charge in [0.25, 0.3) is 0 Å². The Bertz CT molecular complexity index is 3480. The number of fused-ring (bicyclic) bond motifs is 14. The fourth-order valence-corrected chi connectivity index (χ4v) is 10.6. The molecule has 0 saturated heterocycles. The smallest absolute Gasteiger partial charge is 0.164 e. The number of rotatable bonds is 5. The second-order valence-electron chi connectivity index (χ2n) is 16.3. The van der Waals surface area contributed by atoms with Crippen LogP contribution in [0.1, 0.15) is 22.3 Å². The van der Waals surface area contributed by atoms with Crippen molar-refractivity contribution in [1.82, 2.24) is 19.5 Å². The largest absolute Gasteiger partial charge is 0.308 e. The maximum absolute atomic E-state index is 5.09. The Balaban J connectivity index is 1.06. The Kier molecular flexibility index (Phi) is 7.49. The molecule has 0 amide bonds. The summed E-state index contributed by atoms with van der Waals surface area (Å²) in [6.45, 7) is 0. The van der Waals surface area contributed by atoms with E-state index in [1.807, 2.05) is 60.7 Å². The van der Waals surface area contributed by atoms with Crippen molar-refractivity contribution in [3.8, 4) is 73.2 Å². The quantitative estimate of drug-likeness (QED) is 0.174. The van der Waals surface area contributed by atoms with Crippen LogP contribution in [-0.2, 0) is 5.41 Å². The molecule has 2 aliphatic carbocycles. The van der Waals surface area contributed by atoms with E-state index in [9.17, 15) is 0 Å². The van der Waals surface area contributed by atoms with Crippen molar-refractivity contribution >= 4 is 21.8 Å². The SMILES string of the molecule is c1ccc(-c2nc(-c3ccccc3)nc(-c3cccc(-c4ccccc4-n4c5ccccc5c5ccc6c(c54)-c4ccccc4C64c5ccccc5-c5ccccc54)c3)n2)cc1. The number of nitrogens with zero attached hydrogens (tertiary/aromatic N) is 4. The highest BCUT2D eigenvalue weighted by Crippen LogP contribution is 2.64. The third-order valence-electron chi connectivity index (χ3n) is 13.1. The summed E-state index contributed by atoms with van der Waals surface area (Å²) >= 11 is 0. The third kappa shape index (κ3) is 4.86. The van der Waals surface area contributed by atoms with Crippen molar-refractivity contribution < 1.29 is 0 Å². The average molecular weight is 789 g/mol. The van der Waals surface area contributed by atoms with E-state index in [2.05, 4.69) is 162 Å². The molecule has 9 aromatic carbocycles. The van der Waals surface area contributed by atoms with Crippen molar-refractivity contribution in [2.24, 2.45) is 0 Å². The molecular weight excluding hydrogens is 753 g/mol. The van der Waals surface area contributed by atoms with Gasteiger partial charge in [-0.05, 0) is 62.7 Å². The van der Waals surface area contributed by atoms with Crippen LogP contribution < -0.4 is 0 Å². The van der Waals surface area contributed by atoms with E-state index in [4.69, 9.17) is 15.0 Å². The van der Waals surface area contributed by atoms with Gasteiger partial charge in [0.2, 0.25) is 0 Å². The van der Waals surface area contributed by atoms with Crippen LogP contribution in [0, 0.1) is 0 Å². The Hall–Kier alpha value is -8.21. The standard InChI is InChI=1S/C58H36N4/c1-3-18-37(19-4-1)55-59-56(38-20-5-2-6-21-38)61-57(60-55)40-23-17-22-39(36-40)41-24-10-15-32-51(41)62-52-33-16-11-27-44(52)45-34-35-50-53(54(45)62)46-28-9-14-31-49(46)58(50)47-29-12-7-25-42(47)43-26-8-13-30-48(43)58/h1-36H. The molecule has 2 heterocycles. The lowest BCUT2D eigenvalue weighted by molar-refractivity contribution is 0.794. The molecule has 0 saturated carbocycles. The Morgan fingerprint density at radius 1 is 0.323 bits per heavy atom. The van der Waals surface area contributed by atoms with Gasteiger partial charge >= 0.3 is 0 Å². The van der Waals surface area contributed by atoms with E-state index in [1.165, 1.54) is 66.3 Å². The van der Waals surface area contributed by atoms with Crippen molar-refractivity contribution in [3.63, 3.8) is 0 Å². The number of hydrogen-bond donors (Lipinski definition) is 0. The minimum atomic E-state index is -0.440. The van der Waals surface area contributed by atoms with Gasteiger partial charge in [-0.15, -0.1) is 0 Å². The van der Waals surface area contributed by atoms with Crippen molar-refractivity contribution in [3.05, 3.63) is 241 Å². The molecule has 2 aliphatic rings. The van der Waals surface area contributed by atoms with Crippen LogP contribution in [0.3, 0.4) is 0 Å². The van der Waals surface area contributed by atoms with Crippen LogP contribution in [0.25, 0.3) is 95.0 Å². The zero-order chi connectivity index (χ0) is 40.8. The second kappa shape index (κ2) is 13.4. The summed E-state index contributed by atoms with van der Waals surface area (Å²) in [6.07, 6.45) is 0. The first kappa shape index (κ1) is 34.6. The van der Waals surface area contributed by atoms with Gasteiger partial charge in [0.1, 0.15) is 0 Å². The normalized spacial score (nSPS) is 13.0. The number of aromatic nitrogens is 4. The zero-order valence-corrected chi connectivity index (χ0v) is 33.6. The summed E-state index contributed by atoms with van der Waals surface area (Å²) in [5.41, 5.74) is 18.6. The first-order valence-electron chi connectivity index (χ1n) is 21.2. The first-order valence-corrected chi connectivity index (χ1v) is 21.2.